The molecule has 2 fully saturated rings. The number of halogens is 2. The summed E-state index contributed by atoms with van der Waals surface area (Å²) < 4.78 is 43.4. The molecule has 2 aliphatic heterocycles. The number of ether oxygens (including phenoxy) is 2. The van der Waals surface area contributed by atoms with Gasteiger partial charge in [0.05, 0.1) is 35.3 Å². The van der Waals surface area contributed by atoms with Crippen molar-refractivity contribution < 1.29 is 32.6 Å². The van der Waals surface area contributed by atoms with Crippen LogP contribution in [0.1, 0.15) is 78.0 Å². The summed E-state index contributed by atoms with van der Waals surface area (Å²) in [6.45, 7) is 8.37. The normalized spacial score (nSPS) is 29.6. The number of nitrogens with one attached hydrogen (secondary N) is 1. The van der Waals surface area contributed by atoms with E-state index in [9.17, 15) is 19.6 Å². The van der Waals surface area contributed by atoms with Gasteiger partial charge in [0.25, 0.3) is 5.92 Å². The molecular weight excluding hydrogens is 560 g/mol. The van der Waals surface area contributed by atoms with E-state index in [0.29, 0.717) is 19.3 Å². The van der Waals surface area contributed by atoms with Crippen molar-refractivity contribution in [2.75, 3.05) is 6.54 Å². The molecule has 1 N–H and O–H groups in total. The number of hydrogen-bond acceptors (Lipinski definition) is 8. The maximum Gasteiger partial charge on any atom is 0.408 e. The fraction of sp³-hybridized carbons (Fsp3) is 0.613. The molecule has 43 heavy (non-hydrogen) atoms. The van der Waals surface area contributed by atoms with Gasteiger partial charge in [0.2, 0.25) is 11.8 Å². The van der Waals surface area contributed by atoms with Gasteiger partial charge in [-0.2, -0.15) is 14.0 Å². The third-order valence-corrected chi connectivity index (χ3v) is 8.67. The number of alkyl carbamates (subject to hydrolysis) is 1. The van der Waals surface area contributed by atoms with E-state index in [2.05, 4.69) is 15.3 Å². The van der Waals surface area contributed by atoms with Crippen LogP contribution in [0.25, 0.3) is 11.0 Å². The van der Waals surface area contributed by atoms with Gasteiger partial charge in [-0.1, -0.05) is 34.1 Å². The second-order valence-electron chi connectivity index (χ2n) is 13.1. The SMILES string of the molecule is CC(=O)[C@@H]1[C@H](C)[C@@H]2CN1C(=O)[C@H](C(C)(C)C)NC(=O)O[C@@H]1C[C@H]1CCCCC(F)(F)c1nc3ccc(C#N)cc3nc1O2. The summed E-state index contributed by atoms with van der Waals surface area (Å²) in [5.74, 6) is -5.10. The topological polar surface area (TPSA) is 135 Å². The van der Waals surface area contributed by atoms with Gasteiger partial charge in [-0.3, -0.25) is 9.59 Å². The summed E-state index contributed by atoms with van der Waals surface area (Å²) in [5, 5.41) is 12.1. The number of fused-ring (bicyclic) bond motifs is 5. The van der Waals surface area contributed by atoms with Crippen LogP contribution in [0.15, 0.2) is 18.2 Å². The molecule has 12 heteroatoms. The Hall–Kier alpha value is -3.88. The van der Waals surface area contributed by atoms with Gasteiger partial charge in [-0.25, -0.2) is 14.8 Å². The molecule has 1 saturated heterocycles. The van der Waals surface area contributed by atoms with E-state index in [1.165, 1.54) is 30.0 Å². The number of nitriles is 1. The summed E-state index contributed by atoms with van der Waals surface area (Å²) in [4.78, 5) is 49.7. The number of alkyl halides is 2. The van der Waals surface area contributed by atoms with E-state index in [4.69, 9.17) is 9.47 Å². The third-order valence-electron chi connectivity index (χ3n) is 8.67. The smallest absolute Gasteiger partial charge is 0.408 e. The van der Waals surface area contributed by atoms with E-state index in [0.717, 1.165) is 0 Å². The van der Waals surface area contributed by atoms with Crippen LogP contribution < -0.4 is 10.1 Å². The van der Waals surface area contributed by atoms with Crippen molar-refractivity contribution in [3.05, 3.63) is 29.5 Å². The molecule has 1 saturated carbocycles. The van der Waals surface area contributed by atoms with Crippen LogP contribution in [0.5, 0.6) is 5.88 Å². The van der Waals surface area contributed by atoms with Crippen LogP contribution in [0.3, 0.4) is 0 Å². The molecular formula is C31H37F2N5O5. The first-order chi connectivity index (χ1) is 20.2. The van der Waals surface area contributed by atoms with Crippen molar-refractivity contribution in [3.63, 3.8) is 0 Å². The number of rotatable bonds is 1. The van der Waals surface area contributed by atoms with Crippen molar-refractivity contribution in [2.45, 2.75) is 96.9 Å². The molecule has 0 spiro atoms. The molecule has 2 aromatic rings. The van der Waals surface area contributed by atoms with E-state index in [1.54, 1.807) is 27.7 Å². The minimum absolute atomic E-state index is 0.0676. The zero-order chi connectivity index (χ0) is 31.3. The van der Waals surface area contributed by atoms with Gasteiger partial charge >= 0.3 is 6.09 Å². The predicted molar refractivity (Wildman–Crippen MR) is 151 cm³/mol. The standard InChI is InChI=1S/C31H37F2N5O5/c1-16-23-15-38(24(16)17(2)39)28(40)26(30(3,4)5)37-29(41)43-22-13-19(22)8-6-7-11-31(32,33)25-27(42-23)36-21-12-18(14-34)9-10-20(21)35-25/h9-10,12,16,19,22-24,26H,6-8,11,13,15H2,1-5H3,(H,37,41)/t16-,19-,22-,23+,24+,26-/m1/s1. The van der Waals surface area contributed by atoms with Crippen molar-refractivity contribution in [2.24, 2.45) is 17.3 Å². The lowest BCUT2D eigenvalue weighted by Crippen LogP contribution is -2.57. The van der Waals surface area contributed by atoms with Crippen molar-refractivity contribution >= 4 is 28.8 Å². The molecule has 0 radical (unpaired) electrons. The Labute approximate surface area is 249 Å². The highest BCUT2D eigenvalue weighted by Gasteiger charge is 2.50. The van der Waals surface area contributed by atoms with Crippen molar-refractivity contribution in [3.8, 4) is 11.9 Å². The summed E-state index contributed by atoms with van der Waals surface area (Å²) in [5.41, 5.74) is -0.653. The van der Waals surface area contributed by atoms with Gasteiger partial charge in [0.15, 0.2) is 11.5 Å². The average Bonchev–Trinajstić information content (AvgIpc) is 3.58. The highest BCUT2D eigenvalue weighted by molar-refractivity contribution is 5.92. The molecule has 1 aliphatic carbocycles. The van der Waals surface area contributed by atoms with Crippen molar-refractivity contribution in [1.29, 1.82) is 5.26 Å². The second-order valence-corrected chi connectivity index (χ2v) is 13.1. The van der Waals surface area contributed by atoms with E-state index < -0.39 is 65.4 Å². The first kappa shape index (κ1) is 30.6. The first-order valence-corrected chi connectivity index (χ1v) is 14.7. The Morgan fingerprint density at radius 1 is 1.14 bits per heavy atom. The molecule has 2 bridgehead atoms. The largest absolute Gasteiger partial charge is 0.471 e. The summed E-state index contributed by atoms with van der Waals surface area (Å²) >= 11 is 0. The zero-order valence-electron chi connectivity index (χ0n) is 25.0. The van der Waals surface area contributed by atoms with Gasteiger partial charge in [-0.15, -0.1) is 0 Å². The Balaban J connectivity index is 1.57. The molecule has 1 aromatic heterocycles. The zero-order valence-corrected chi connectivity index (χ0v) is 25.0. The molecule has 3 aliphatic rings. The molecule has 2 amide bonds. The van der Waals surface area contributed by atoms with Gasteiger partial charge in [-0.05, 0) is 55.7 Å². The number of carbonyl (C=O) groups excluding carboxylic acids is 3. The summed E-state index contributed by atoms with van der Waals surface area (Å²) in [7, 11) is 0. The molecule has 0 unspecified atom stereocenters. The lowest BCUT2D eigenvalue weighted by molar-refractivity contribution is -0.141. The molecule has 230 valence electrons. The Morgan fingerprint density at radius 3 is 2.56 bits per heavy atom. The summed E-state index contributed by atoms with van der Waals surface area (Å²) in [6, 6.07) is 4.48. The number of amides is 2. The lowest BCUT2D eigenvalue weighted by atomic mass is 9.85. The Bertz CT molecular complexity index is 1490. The summed E-state index contributed by atoms with van der Waals surface area (Å²) in [6.07, 6.45) is -0.467. The van der Waals surface area contributed by atoms with Gasteiger partial charge in [0.1, 0.15) is 18.2 Å². The van der Waals surface area contributed by atoms with Crippen LogP contribution in [-0.4, -0.2) is 63.5 Å². The minimum Gasteiger partial charge on any atom is -0.471 e. The predicted octanol–water partition coefficient (Wildman–Crippen LogP) is 4.88. The average molecular weight is 598 g/mol. The minimum atomic E-state index is -3.39. The van der Waals surface area contributed by atoms with Crippen LogP contribution in [0, 0.1) is 28.6 Å². The number of ketones is 1. The Kier molecular flexibility index (Phi) is 8.05. The maximum absolute atomic E-state index is 15.8. The molecule has 6 atom stereocenters. The number of Topliss-reactive ketones (excluding diaryl/α,β-unsaturated/α-hetero) is 1. The molecule has 5 rings (SSSR count). The molecule has 3 heterocycles. The first-order valence-electron chi connectivity index (χ1n) is 14.7. The molecule has 10 nitrogen and oxygen atoms in total. The maximum atomic E-state index is 15.8. The number of nitrogens with zero attached hydrogens (tertiary/aromatic N) is 4. The highest BCUT2D eigenvalue weighted by atomic mass is 19.3. The van der Waals surface area contributed by atoms with Gasteiger partial charge in [0, 0.05) is 12.3 Å². The van der Waals surface area contributed by atoms with Crippen LogP contribution in [0.2, 0.25) is 0 Å². The number of hydrogen-bond donors (Lipinski definition) is 1. The second kappa shape index (κ2) is 11.3. The highest BCUT2D eigenvalue weighted by Crippen LogP contribution is 2.42. The van der Waals surface area contributed by atoms with Crippen LogP contribution in [0.4, 0.5) is 13.6 Å². The fourth-order valence-corrected chi connectivity index (χ4v) is 6.14. The number of carbonyl (C=O) groups is 3. The molecule has 1 aromatic carbocycles. The number of aromatic nitrogens is 2. The fourth-order valence-electron chi connectivity index (χ4n) is 6.14. The van der Waals surface area contributed by atoms with Crippen molar-refractivity contribution in [1.82, 2.24) is 20.2 Å². The quantitative estimate of drug-likeness (QED) is 0.492. The number of benzene rings is 1. The van der Waals surface area contributed by atoms with E-state index in [-0.39, 0.29) is 47.4 Å². The van der Waals surface area contributed by atoms with E-state index >= 15 is 8.78 Å². The van der Waals surface area contributed by atoms with E-state index in [1.807, 2.05) is 6.07 Å². The lowest BCUT2D eigenvalue weighted by Gasteiger charge is -2.35. The van der Waals surface area contributed by atoms with Gasteiger partial charge < -0.3 is 19.7 Å². The van der Waals surface area contributed by atoms with Crippen LogP contribution >= 0.6 is 0 Å². The third kappa shape index (κ3) is 6.26. The monoisotopic (exact) mass is 597 g/mol. The Morgan fingerprint density at radius 2 is 1.88 bits per heavy atom. The van der Waals surface area contributed by atoms with Crippen LogP contribution in [-0.2, 0) is 20.2 Å².